The third-order valence-corrected chi connectivity index (χ3v) is 2.79. The Morgan fingerprint density at radius 2 is 1.78 bits per heavy atom. The molecular weight excluding hydrogens is 230 g/mol. The summed E-state index contributed by atoms with van der Waals surface area (Å²) in [5.41, 5.74) is 2.82. The molecule has 5 heteroatoms. The lowest BCUT2D eigenvalue weighted by molar-refractivity contribution is -0.384. The number of rotatable bonds is 2. The van der Waals surface area contributed by atoms with Crippen molar-refractivity contribution in [2.75, 3.05) is 0 Å². The summed E-state index contributed by atoms with van der Waals surface area (Å²) in [6.45, 7) is 0. The van der Waals surface area contributed by atoms with Crippen molar-refractivity contribution in [1.29, 1.82) is 0 Å². The lowest BCUT2D eigenvalue weighted by atomic mass is 10.2. The minimum absolute atomic E-state index is 0.0863. The number of para-hydroxylation sites is 2. The summed E-state index contributed by atoms with van der Waals surface area (Å²) in [5, 5.41) is 10.6. The van der Waals surface area contributed by atoms with Crippen LogP contribution >= 0.6 is 0 Å². The Bertz CT molecular complexity index is 716. The zero-order chi connectivity index (χ0) is 12.5. The smallest absolute Gasteiger partial charge is 0.269 e. The van der Waals surface area contributed by atoms with Crippen molar-refractivity contribution < 1.29 is 4.92 Å². The van der Waals surface area contributed by atoms with E-state index in [1.54, 1.807) is 18.5 Å². The predicted octanol–water partition coefficient (Wildman–Crippen LogP) is 2.93. The first-order chi connectivity index (χ1) is 8.75. The summed E-state index contributed by atoms with van der Waals surface area (Å²) in [4.78, 5) is 14.5. The highest BCUT2D eigenvalue weighted by atomic mass is 16.6. The van der Waals surface area contributed by atoms with Crippen LogP contribution in [0, 0.1) is 10.1 Å². The Hall–Kier alpha value is -2.69. The maximum atomic E-state index is 10.6. The normalized spacial score (nSPS) is 10.7. The highest BCUT2D eigenvalue weighted by Gasteiger charge is 2.07. The number of hydrogen-bond acceptors (Lipinski definition) is 3. The van der Waals surface area contributed by atoms with Gasteiger partial charge < -0.3 is 0 Å². The first-order valence-corrected chi connectivity index (χ1v) is 5.42. The molecule has 3 aromatic rings. The Balaban J connectivity index is 2.12. The van der Waals surface area contributed by atoms with Crippen LogP contribution in [-0.4, -0.2) is 14.5 Å². The first-order valence-electron chi connectivity index (χ1n) is 5.42. The molecule has 0 aliphatic heterocycles. The van der Waals surface area contributed by atoms with E-state index in [-0.39, 0.29) is 5.69 Å². The van der Waals surface area contributed by atoms with Crippen LogP contribution < -0.4 is 0 Å². The maximum Gasteiger partial charge on any atom is 0.269 e. The molecule has 0 N–H and O–H groups in total. The zero-order valence-electron chi connectivity index (χ0n) is 9.35. The van der Waals surface area contributed by atoms with Crippen LogP contribution in [-0.2, 0) is 0 Å². The third kappa shape index (κ3) is 1.62. The maximum absolute atomic E-state index is 10.6. The Kier molecular flexibility index (Phi) is 2.30. The summed E-state index contributed by atoms with van der Waals surface area (Å²) in [6, 6.07) is 14.2. The fourth-order valence-corrected chi connectivity index (χ4v) is 1.90. The van der Waals surface area contributed by atoms with Gasteiger partial charge >= 0.3 is 0 Å². The summed E-state index contributed by atoms with van der Waals surface area (Å²) in [7, 11) is 0. The van der Waals surface area contributed by atoms with Gasteiger partial charge in [-0.2, -0.15) is 0 Å². The molecular formula is C13H9N3O2. The second-order valence-electron chi connectivity index (χ2n) is 3.88. The van der Waals surface area contributed by atoms with Crippen LogP contribution in [0.15, 0.2) is 54.9 Å². The minimum Gasteiger partial charge on any atom is -0.299 e. The van der Waals surface area contributed by atoms with Gasteiger partial charge in [0.2, 0.25) is 0 Å². The number of aromatic nitrogens is 2. The van der Waals surface area contributed by atoms with E-state index in [9.17, 15) is 10.1 Å². The molecule has 3 rings (SSSR count). The highest BCUT2D eigenvalue weighted by Crippen LogP contribution is 2.20. The molecule has 0 aliphatic rings. The molecule has 0 fully saturated rings. The Morgan fingerprint density at radius 1 is 1.06 bits per heavy atom. The standard InChI is InChI=1S/C13H9N3O2/c17-16(18)11-7-5-10(6-8-11)15-9-14-12-3-1-2-4-13(12)15/h1-9H. The van der Waals surface area contributed by atoms with E-state index in [1.165, 1.54) is 12.1 Å². The van der Waals surface area contributed by atoms with Crippen LogP contribution in [0.3, 0.4) is 0 Å². The van der Waals surface area contributed by atoms with Gasteiger partial charge in [-0.15, -0.1) is 0 Å². The molecule has 0 spiro atoms. The van der Waals surface area contributed by atoms with E-state index < -0.39 is 4.92 Å². The fraction of sp³-hybridized carbons (Fsp3) is 0. The van der Waals surface area contributed by atoms with E-state index in [0.717, 1.165) is 16.7 Å². The van der Waals surface area contributed by atoms with Crippen molar-refractivity contribution >= 4 is 16.7 Å². The molecule has 0 bridgehead atoms. The molecule has 1 heterocycles. The van der Waals surface area contributed by atoms with Crippen molar-refractivity contribution in [3.63, 3.8) is 0 Å². The van der Waals surface area contributed by atoms with Gasteiger partial charge in [-0.1, -0.05) is 12.1 Å². The van der Waals surface area contributed by atoms with E-state index >= 15 is 0 Å². The van der Waals surface area contributed by atoms with Crippen LogP contribution in [0.1, 0.15) is 0 Å². The van der Waals surface area contributed by atoms with Gasteiger partial charge in [-0.3, -0.25) is 14.7 Å². The van der Waals surface area contributed by atoms with Gasteiger partial charge in [-0.25, -0.2) is 4.98 Å². The molecule has 88 valence electrons. The third-order valence-electron chi connectivity index (χ3n) is 2.79. The number of nitro groups is 1. The van der Waals surface area contributed by atoms with Crippen LogP contribution in [0.4, 0.5) is 5.69 Å². The minimum atomic E-state index is -0.407. The lowest BCUT2D eigenvalue weighted by Crippen LogP contribution is -1.93. The molecule has 1 aromatic heterocycles. The van der Waals surface area contributed by atoms with Crippen molar-refractivity contribution in [3.8, 4) is 5.69 Å². The summed E-state index contributed by atoms with van der Waals surface area (Å²) >= 11 is 0. The Labute approximate surface area is 102 Å². The molecule has 18 heavy (non-hydrogen) atoms. The molecule has 0 radical (unpaired) electrons. The van der Waals surface area contributed by atoms with Crippen molar-refractivity contribution in [3.05, 3.63) is 65.0 Å². The SMILES string of the molecule is O=[N+]([O-])c1ccc(-n2cnc3ccccc32)cc1. The highest BCUT2D eigenvalue weighted by molar-refractivity contribution is 5.77. The van der Waals surface area contributed by atoms with Crippen molar-refractivity contribution in [2.24, 2.45) is 0 Å². The largest absolute Gasteiger partial charge is 0.299 e. The fourth-order valence-electron chi connectivity index (χ4n) is 1.90. The Morgan fingerprint density at radius 3 is 2.50 bits per heavy atom. The van der Waals surface area contributed by atoms with Crippen LogP contribution in [0.2, 0.25) is 0 Å². The van der Waals surface area contributed by atoms with Crippen LogP contribution in [0.25, 0.3) is 16.7 Å². The quantitative estimate of drug-likeness (QED) is 0.510. The topological polar surface area (TPSA) is 61.0 Å². The van der Waals surface area contributed by atoms with Crippen molar-refractivity contribution in [1.82, 2.24) is 9.55 Å². The van der Waals surface area contributed by atoms with Crippen LogP contribution in [0.5, 0.6) is 0 Å². The molecule has 0 atom stereocenters. The van der Waals surface area contributed by atoms with Gasteiger partial charge in [0.25, 0.3) is 5.69 Å². The summed E-state index contributed by atoms with van der Waals surface area (Å²) < 4.78 is 1.90. The second-order valence-corrected chi connectivity index (χ2v) is 3.88. The van der Waals surface area contributed by atoms with Gasteiger partial charge in [0.1, 0.15) is 6.33 Å². The van der Waals surface area contributed by atoms with Gasteiger partial charge in [0.05, 0.1) is 16.0 Å². The van der Waals surface area contributed by atoms with Gasteiger partial charge in [0.15, 0.2) is 0 Å². The van der Waals surface area contributed by atoms with E-state index in [2.05, 4.69) is 4.98 Å². The molecule has 0 amide bonds. The van der Waals surface area contributed by atoms with E-state index in [0.29, 0.717) is 0 Å². The molecule has 0 unspecified atom stereocenters. The summed E-state index contributed by atoms with van der Waals surface area (Å²) in [5.74, 6) is 0. The number of hydrogen-bond donors (Lipinski definition) is 0. The van der Waals surface area contributed by atoms with Crippen molar-refractivity contribution in [2.45, 2.75) is 0 Å². The predicted molar refractivity (Wildman–Crippen MR) is 67.7 cm³/mol. The number of non-ortho nitro benzene ring substituents is 1. The number of nitro benzene ring substituents is 1. The average Bonchev–Trinajstić information content (AvgIpc) is 2.82. The number of nitrogens with zero attached hydrogens (tertiary/aromatic N) is 3. The molecule has 2 aromatic carbocycles. The number of benzene rings is 2. The lowest BCUT2D eigenvalue weighted by Gasteiger charge is -2.03. The molecule has 5 nitrogen and oxygen atoms in total. The zero-order valence-corrected chi connectivity index (χ0v) is 9.35. The second kappa shape index (κ2) is 3.96. The first kappa shape index (κ1) is 10.5. The average molecular weight is 239 g/mol. The number of imidazole rings is 1. The molecule has 0 aliphatic carbocycles. The van der Waals surface area contributed by atoms with Gasteiger partial charge in [-0.05, 0) is 24.3 Å². The summed E-state index contributed by atoms with van der Waals surface area (Å²) in [6.07, 6.45) is 1.71. The molecule has 0 saturated heterocycles. The molecule has 0 saturated carbocycles. The van der Waals surface area contributed by atoms with E-state index in [4.69, 9.17) is 0 Å². The monoisotopic (exact) mass is 239 g/mol. The van der Waals surface area contributed by atoms with E-state index in [1.807, 2.05) is 28.8 Å². The number of fused-ring (bicyclic) bond motifs is 1. The van der Waals surface area contributed by atoms with Gasteiger partial charge in [0, 0.05) is 17.8 Å².